The van der Waals surface area contributed by atoms with E-state index in [9.17, 15) is 4.79 Å². The molecule has 0 aliphatic rings. The monoisotopic (exact) mass is 200 g/mol. The third kappa shape index (κ3) is 2.56. The average molecular weight is 201 g/mol. The molecule has 0 unspecified atom stereocenters. The molecule has 0 fully saturated rings. The van der Waals surface area contributed by atoms with Crippen LogP contribution in [0, 0.1) is 6.92 Å². The van der Waals surface area contributed by atoms with E-state index in [-0.39, 0.29) is 0 Å². The van der Waals surface area contributed by atoms with E-state index in [0.717, 1.165) is 30.8 Å². The third-order valence-electron chi connectivity index (χ3n) is 1.89. The molecule has 0 saturated heterocycles. The van der Waals surface area contributed by atoms with Gasteiger partial charge in [-0.1, -0.05) is 13.3 Å². The van der Waals surface area contributed by atoms with Crippen LogP contribution in [0.1, 0.15) is 41.8 Å². The minimum absolute atomic E-state index is 0.354. The highest BCUT2D eigenvalue weighted by Gasteiger charge is 2.11. The number of carbonyl (C=O) groups is 1. The molecule has 4 heteroatoms. The Hall–Kier alpha value is -0.830. The van der Waals surface area contributed by atoms with E-state index in [0.29, 0.717) is 5.69 Å². The van der Waals surface area contributed by atoms with Crippen molar-refractivity contribution in [1.82, 2.24) is 9.97 Å². The molecule has 0 aliphatic carbocycles. The van der Waals surface area contributed by atoms with Crippen molar-refractivity contribution in [3.63, 3.8) is 0 Å². The Kier molecular flexibility index (Phi) is 3.48. The van der Waals surface area contributed by atoms with Gasteiger partial charge in [0.2, 0.25) is 0 Å². The second-order valence-corrected chi connectivity index (χ2v) is 3.38. The van der Waals surface area contributed by atoms with Crippen molar-refractivity contribution in [3.05, 3.63) is 17.2 Å². The smallest absolute Gasteiger partial charge is 0.272 e. The van der Waals surface area contributed by atoms with Crippen LogP contribution in [0.2, 0.25) is 0 Å². The molecule has 0 bridgehead atoms. The number of aromatic amines is 1. The Morgan fingerprint density at radius 1 is 1.62 bits per heavy atom. The first-order chi connectivity index (χ1) is 6.15. The summed E-state index contributed by atoms with van der Waals surface area (Å²) < 4.78 is 0. The van der Waals surface area contributed by atoms with Crippen molar-refractivity contribution in [2.24, 2.45) is 0 Å². The number of aryl methyl sites for hydroxylation is 2. The van der Waals surface area contributed by atoms with Crippen LogP contribution >= 0.6 is 11.6 Å². The van der Waals surface area contributed by atoms with Gasteiger partial charge in [0, 0.05) is 12.1 Å². The van der Waals surface area contributed by atoms with Crippen molar-refractivity contribution in [2.75, 3.05) is 0 Å². The topological polar surface area (TPSA) is 45.8 Å². The van der Waals surface area contributed by atoms with E-state index in [1.54, 1.807) is 6.92 Å². The Labute approximate surface area is 82.5 Å². The Morgan fingerprint density at radius 2 is 2.31 bits per heavy atom. The molecule has 0 atom stereocenters. The van der Waals surface area contributed by atoms with Crippen LogP contribution in [0.5, 0.6) is 0 Å². The van der Waals surface area contributed by atoms with Crippen molar-refractivity contribution >= 4 is 16.8 Å². The zero-order valence-corrected chi connectivity index (χ0v) is 8.61. The van der Waals surface area contributed by atoms with Gasteiger partial charge in [0.1, 0.15) is 11.5 Å². The summed E-state index contributed by atoms with van der Waals surface area (Å²) in [4.78, 5) is 18.0. The normalized spacial score (nSPS) is 10.4. The lowest BCUT2D eigenvalue weighted by Gasteiger charge is -1.91. The summed E-state index contributed by atoms with van der Waals surface area (Å²) in [6.07, 6.45) is 3.06. The lowest BCUT2D eigenvalue weighted by molar-refractivity contribution is 0.107. The fourth-order valence-electron chi connectivity index (χ4n) is 1.18. The molecule has 1 N–H and O–H groups in total. The number of hydrogen-bond donors (Lipinski definition) is 1. The van der Waals surface area contributed by atoms with Gasteiger partial charge >= 0.3 is 0 Å². The molecule has 0 aliphatic heterocycles. The van der Waals surface area contributed by atoms with Gasteiger partial charge in [-0.25, -0.2) is 4.98 Å². The van der Waals surface area contributed by atoms with Gasteiger partial charge in [0.15, 0.2) is 0 Å². The molecule has 0 radical (unpaired) electrons. The maximum absolute atomic E-state index is 10.8. The first kappa shape index (κ1) is 10.3. The summed E-state index contributed by atoms with van der Waals surface area (Å²) in [7, 11) is 0. The molecule has 3 nitrogen and oxygen atoms in total. The fourth-order valence-corrected chi connectivity index (χ4v) is 1.36. The van der Waals surface area contributed by atoms with E-state index < -0.39 is 5.24 Å². The van der Waals surface area contributed by atoms with Crippen LogP contribution in [0.15, 0.2) is 0 Å². The van der Waals surface area contributed by atoms with Crippen molar-refractivity contribution in [3.8, 4) is 0 Å². The molecule has 0 amide bonds. The number of aromatic nitrogens is 2. The fraction of sp³-hybridized carbons (Fsp3) is 0.556. The summed E-state index contributed by atoms with van der Waals surface area (Å²) in [6.45, 7) is 3.92. The number of nitrogens with one attached hydrogen (secondary N) is 1. The zero-order valence-electron chi connectivity index (χ0n) is 7.85. The number of H-pyrrole nitrogens is 1. The molecule has 1 rings (SSSR count). The predicted molar refractivity (Wildman–Crippen MR) is 52.1 cm³/mol. The molecule has 13 heavy (non-hydrogen) atoms. The average Bonchev–Trinajstić information content (AvgIpc) is 2.43. The second kappa shape index (κ2) is 4.42. The highest BCUT2D eigenvalue weighted by atomic mass is 35.5. The largest absolute Gasteiger partial charge is 0.345 e. The summed E-state index contributed by atoms with van der Waals surface area (Å²) in [6, 6.07) is 0. The van der Waals surface area contributed by atoms with Crippen molar-refractivity contribution in [2.45, 2.75) is 33.1 Å². The molecule has 1 heterocycles. The van der Waals surface area contributed by atoms with Crippen LogP contribution in [-0.4, -0.2) is 15.2 Å². The van der Waals surface area contributed by atoms with Crippen molar-refractivity contribution < 1.29 is 4.79 Å². The Balaban J connectivity index is 2.76. The summed E-state index contributed by atoms with van der Waals surface area (Å²) in [5.41, 5.74) is 1.11. The van der Waals surface area contributed by atoms with Crippen LogP contribution in [-0.2, 0) is 6.42 Å². The van der Waals surface area contributed by atoms with Gasteiger partial charge < -0.3 is 4.98 Å². The quantitative estimate of drug-likeness (QED) is 0.759. The van der Waals surface area contributed by atoms with E-state index in [2.05, 4.69) is 16.9 Å². The molecule has 1 aromatic heterocycles. The van der Waals surface area contributed by atoms with E-state index in [4.69, 9.17) is 11.6 Å². The summed E-state index contributed by atoms with van der Waals surface area (Å²) >= 11 is 5.33. The van der Waals surface area contributed by atoms with Gasteiger partial charge in [0.05, 0.1) is 0 Å². The first-order valence-electron chi connectivity index (χ1n) is 4.40. The predicted octanol–water partition coefficient (Wildman–Crippen LogP) is 2.44. The Morgan fingerprint density at radius 3 is 2.77 bits per heavy atom. The lowest BCUT2D eigenvalue weighted by atomic mass is 10.2. The van der Waals surface area contributed by atoms with Crippen LogP contribution in [0.4, 0.5) is 0 Å². The number of unbranched alkanes of at least 4 members (excludes halogenated alkanes) is 1. The minimum atomic E-state index is -0.489. The van der Waals surface area contributed by atoms with E-state index in [1.165, 1.54) is 0 Å². The minimum Gasteiger partial charge on any atom is -0.345 e. The first-order valence-corrected chi connectivity index (χ1v) is 4.78. The maximum Gasteiger partial charge on any atom is 0.272 e. The maximum atomic E-state index is 10.8. The lowest BCUT2D eigenvalue weighted by Crippen LogP contribution is -1.92. The number of hydrogen-bond acceptors (Lipinski definition) is 2. The van der Waals surface area contributed by atoms with Gasteiger partial charge in [-0.05, 0) is 24.9 Å². The molecule has 0 saturated carbocycles. The molecule has 0 aromatic carbocycles. The summed E-state index contributed by atoms with van der Waals surface area (Å²) in [5.74, 6) is 0.850. The van der Waals surface area contributed by atoms with E-state index in [1.807, 2.05) is 0 Å². The Bertz CT molecular complexity index is 307. The highest BCUT2D eigenvalue weighted by molar-refractivity contribution is 6.67. The standard InChI is InChI=1S/C9H13ClN2O/c1-3-4-5-7-11-6(2)8(12-7)9(10)13/h3-5H2,1-2H3,(H,11,12). The zero-order chi connectivity index (χ0) is 9.84. The van der Waals surface area contributed by atoms with Crippen molar-refractivity contribution in [1.29, 1.82) is 0 Å². The number of nitrogens with zero attached hydrogens (tertiary/aromatic N) is 1. The number of halogens is 1. The third-order valence-corrected chi connectivity index (χ3v) is 2.07. The number of imidazole rings is 1. The second-order valence-electron chi connectivity index (χ2n) is 3.03. The SMILES string of the molecule is CCCCc1nc(C(=O)Cl)c(C)[nH]1. The molecular formula is C9H13ClN2O. The van der Waals surface area contributed by atoms with Gasteiger partial charge in [-0.3, -0.25) is 4.79 Å². The molecular weight excluding hydrogens is 188 g/mol. The van der Waals surface area contributed by atoms with Gasteiger partial charge in [0.25, 0.3) is 5.24 Å². The number of carbonyl (C=O) groups excluding carboxylic acids is 1. The number of rotatable bonds is 4. The summed E-state index contributed by atoms with van der Waals surface area (Å²) in [5, 5.41) is -0.489. The van der Waals surface area contributed by atoms with Gasteiger partial charge in [-0.15, -0.1) is 0 Å². The van der Waals surface area contributed by atoms with Crippen LogP contribution in [0.3, 0.4) is 0 Å². The molecule has 0 spiro atoms. The molecule has 72 valence electrons. The van der Waals surface area contributed by atoms with Crippen LogP contribution < -0.4 is 0 Å². The van der Waals surface area contributed by atoms with Gasteiger partial charge in [-0.2, -0.15) is 0 Å². The van der Waals surface area contributed by atoms with E-state index >= 15 is 0 Å². The highest BCUT2D eigenvalue weighted by Crippen LogP contribution is 2.09. The van der Waals surface area contributed by atoms with Crippen LogP contribution in [0.25, 0.3) is 0 Å². The molecule has 1 aromatic rings.